The normalized spacial score (nSPS) is 20.8. The van der Waals surface area contributed by atoms with Gasteiger partial charge in [-0.1, -0.05) is 0 Å². The maximum Gasteiger partial charge on any atom is 0.253 e. The average Bonchev–Trinajstić information content (AvgIpc) is 2.29. The van der Waals surface area contributed by atoms with Crippen molar-refractivity contribution in [2.24, 2.45) is 0 Å². The highest BCUT2D eigenvalue weighted by Crippen LogP contribution is 2.18. The lowest BCUT2D eigenvalue weighted by Gasteiger charge is -2.29. The van der Waals surface area contributed by atoms with Gasteiger partial charge in [0.1, 0.15) is 5.75 Å². The zero-order valence-corrected chi connectivity index (χ0v) is 9.65. The number of phenolic OH excluding ortho intramolecular Hbond substituents is 1. The van der Waals surface area contributed by atoms with E-state index < -0.39 is 0 Å². The average molecular weight is 240 g/mol. The first-order valence-electron chi connectivity index (χ1n) is 5.39. The third-order valence-corrected chi connectivity index (χ3v) is 3.12. The maximum atomic E-state index is 12.0. The van der Waals surface area contributed by atoms with E-state index in [0.29, 0.717) is 12.1 Å². The Bertz CT molecular complexity index is 377. The largest absolute Gasteiger partial charge is 0.508 e. The number of likely N-dealkylation sites (tertiary alicyclic amines) is 1. The lowest BCUT2D eigenvalue weighted by Crippen LogP contribution is -2.40. The van der Waals surface area contributed by atoms with Crippen LogP contribution in [0.2, 0.25) is 0 Å². The first-order valence-corrected chi connectivity index (χ1v) is 5.83. The first kappa shape index (κ1) is 11.3. The van der Waals surface area contributed by atoms with Gasteiger partial charge in [0.25, 0.3) is 5.91 Å². The van der Waals surface area contributed by atoms with E-state index in [1.165, 1.54) is 12.1 Å². The van der Waals surface area contributed by atoms with Gasteiger partial charge in [-0.15, -0.1) is 11.6 Å². The van der Waals surface area contributed by atoms with Crippen LogP contribution in [0, 0.1) is 0 Å². The number of carbonyl (C=O) groups is 1. The molecule has 0 aliphatic carbocycles. The summed E-state index contributed by atoms with van der Waals surface area (Å²) in [6, 6.07) is 6.32. The van der Waals surface area contributed by atoms with E-state index in [9.17, 15) is 4.79 Å². The molecule has 1 unspecified atom stereocenters. The number of nitrogens with zero attached hydrogens (tertiary/aromatic N) is 1. The van der Waals surface area contributed by atoms with Gasteiger partial charge in [-0.2, -0.15) is 0 Å². The predicted molar refractivity (Wildman–Crippen MR) is 62.9 cm³/mol. The number of amides is 1. The molecule has 1 aromatic rings. The minimum atomic E-state index is -0.00894. The van der Waals surface area contributed by atoms with Crippen LogP contribution < -0.4 is 0 Å². The summed E-state index contributed by atoms with van der Waals surface area (Å²) >= 11 is 6.03. The van der Waals surface area contributed by atoms with Gasteiger partial charge < -0.3 is 10.0 Å². The fourth-order valence-electron chi connectivity index (χ4n) is 1.90. The molecule has 1 N–H and O–H groups in total. The zero-order chi connectivity index (χ0) is 11.5. The second-order valence-corrected chi connectivity index (χ2v) is 4.65. The Morgan fingerprint density at radius 3 is 2.69 bits per heavy atom. The highest BCUT2D eigenvalue weighted by atomic mass is 35.5. The van der Waals surface area contributed by atoms with Gasteiger partial charge in [0.2, 0.25) is 0 Å². The van der Waals surface area contributed by atoms with Crippen molar-refractivity contribution < 1.29 is 9.90 Å². The van der Waals surface area contributed by atoms with Crippen LogP contribution in [0.4, 0.5) is 0 Å². The lowest BCUT2D eigenvalue weighted by atomic mass is 10.1. The van der Waals surface area contributed by atoms with Crippen molar-refractivity contribution in [3.8, 4) is 5.75 Å². The SMILES string of the molecule is O=C(c1ccc(O)cc1)N1CCCC(Cl)C1. The maximum absolute atomic E-state index is 12.0. The number of alkyl halides is 1. The standard InChI is InChI=1S/C12H14ClNO2/c13-10-2-1-7-14(8-10)12(16)9-3-5-11(15)6-4-9/h3-6,10,15H,1-2,7-8H2. The Morgan fingerprint density at radius 2 is 2.06 bits per heavy atom. The molecule has 1 amide bonds. The van der Waals surface area contributed by atoms with Crippen molar-refractivity contribution in [2.45, 2.75) is 18.2 Å². The topological polar surface area (TPSA) is 40.5 Å². The Balaban J connectivity index is 2.09. The van der Waals surface area contributed by atoms with Crippen molar-refractivity contribution in [3.63, 3.8) is 0 Å². The molecule has 1 saturated heterocycles. The van der Waals surface area contributed by atoms with Crippen LogP contribution in [0.1, 0.15) is 23.2 Å². The molecule has 1 aliphatic heterocycles. The molecule has 1 aromatic carbocycles. The van der Waals surface area contributed by atoms with Crippen LogP contribution in [0.15, 0.2) is 24.3 Å². The second kappa shape index (κ2) is 4.74. The number of halogens is 1. The van der Waals surface area contributed by atoms with E-state index in [2.05, 4.69) is 0 Å². The van der Waals surface area contributed by atoms with Crippen LogP contribution in [0.25, 0.3) is 0 Å². The third-order valence-electron chi connectivity index (χ3n) is 2.77. The highest BCUT2D eigenvalue weighted by molar-refractivity contribution is 6.21. The molecule has 3 nitrogen and oxygen atoms in total. The van der Waals surface area contributed by atoms with Crippen molar-refractivity contribution in [1.29, 1.82) is 0 Å². The molecule has 1 heterocycles. The molecular formula is C12H14ClNO2. The molecule has 86 valence electrons. The fourth-order valence-corrected chi connectivity index (χ4v) is 2.22. The molecule has 2 rings (SSSR count). The van der Waals surface area contributed by atoms with Gasteiger partial charge in [-0.3, -0.25) is 4.79 Å². The molecule has 0 radical (unpaired) electrons. The van der Waals surface area contributed by atoms with Crippen molar-refractivity contribution in [2.75, 3.05) is 13.1 Å². The molecule has 16 heavy (non-hydrogen) atoms. The van der Waals surface area contributed by atoms with E-state index >= 15 is 0 Å². The number of aromatic hydroxyl groups is 1. The number of carbonyl (C=O) groups excluding carboxylic acids is 1. The lowest BCUT2D eigenvalue weighted by molar-refractivity contribution is 0.0727. The van der Waals surface area contributed by atoms with Gasteiger partial charge in [0.05, 0.1) is 5.38 Å². The van der Waals surface area contributed by atoms with Gasteiger partial charge in [-0.25, -0.2) is 0 Å². The summed E-state index contributed by atoms with van der Waals surface area (Å²) in [5.74, 6) is 0.163. The summed E-state index contributed by atoms with van der Waals surface area (Å²) < 4.78 is 0. The minimum Gasteiger partial charge on any atom is -0.508 e. The van der Waals surface area contributed by atoms with Gasteiger partial charge in [-0.05, 0) is 37.1 Å². The molecule has 0 spiro atoms. The first-order chi connectivity index (χ1) is 7.66. The van der Waals surface area contributed by atoms with E-state index in [4.69, 9.17) is 16.7 Å². The molecule has 1 fully saturated rings. The molecular weight excluding hydrogens is 226 g/mol. The number of hydrogen-bond donors (Lipinski definition) is 1. The van der Waals surface area contributed by atoms with Gasteiger partial charge >= 0.3 is 0 Å². The Hall–Kier alpha value is -1.22. The summed E-state index contributed by atoms with van der Waals surface area (Å²) in [7, 11) is 0. The van der Waals surface area contributed by atoms with E-state index in [0.717, 1.165) is 19.4 Å². The van der Waals surface area contributed by atoms with Gasteiger partial charge in [0, 0.05) is 18.7 Å². The van der Waals surface area contributed by atoms with Crippen molar-refractivity contribution in [1.82, 2.24) is 4.90 Å². The summed E-state index contributed by atoms with van der Waals surface area (Å²) in [5, 5.41) is 9.21. The smallest absolute Gasteiger partial charge is 0.253 e. The minimum absolute atomic E-state index is 0.00894. The summed E-state index contributed by atoms with van der Waals surface area (Å²) in [4.78, 5) is 13.8. The Labute approximate surface area is 99.6 Å². The van der Waals surface area contributed by atoms with E-state index in [1.807, 2.05) is 0 Å². The molecule has 0 bridgehead atoms. The van der Waals surface area contributed by atoms with Crippen LogP contribution in [-0.2, 0) is 0 Å². The highest BCUT2D eigenvalue weighted by Gasteiger charge is 2.22. The second-order valence-electron chi connectivity index (χ2n) is 4.04. The molecule has 0 aromatic heterocycles. The third kappa shape index (κ3) is 2.47. The summed E-state index contributed by atoms with van der Waals surface area (Å²) in [6.45, 7) is 1.38. The van der Waals surface area contributed by atoms with Crippen LogP contribution in [0.3, 0.4) is 0 Å². The van der Waals surface area contributed by atoms with Crippen molar-refractivity contribution >= 4 is 17.5 Å². The van der Waals surface area contributed by atoms with E-state index in [-0.39, 0.29) is 17.0 Å². The quantitative estimate of drug-likeness (QED) is 0.764. The number of phenols is 1. The Morgan fingerprint density at radius 1 is 1.38 bits per heavy atom. The fraction of sp³-hybridized carbons (Fsp3) is 0.417. The predicted octanol–water partition coefficient (Wildman–Crippen LogP) is 2.24. The number of piperidine rings is 1. The van der Waals surface area contributed by atoms with Crippen LogP contribution in [0.5, 0.6) is 5.75 Å². The number of benzene rings is 1. The molecule has 1 aliphatic rings. The number of hydrogen-bond acceptors (Lipinski definition) is 2. The number of rotatable bonds is 1. The molecule has 1 atom stereocenters. The van der Waals surface area contributed by atoms with Crippen molar-refractivity contribution in [3.05, 3.63) is 29.8 Å². The zero-order valence-electron chi connectivity index (χ0n) is 8.90. The summed E-state index contributed by atoms with van der Waals surface area (Å²) in [5.41, 5.74) is 0.601. The van der Waals surface area contributed by atoms with Crippen LogP contribution >= 0.6 is 11.6 Å². The Kier molecular flexibility index (Phi) is 3.34. The van der Waals surface area contributed by atoms with Crippen LogP contribution in [-0.4, -0.2) is 34.4 Å². The van der Waals surface area contributed by atoms with E-state index in [1.54, 1.807) is 17.0 Å². The molecule has 4 heteroatoms. The molecule has 0 saturated carbocycles. The summed E-state index contributed by atoms with van der Waals surface area (Å²) in [6.07, 6.45) is 1.93. The van der Waals surface area contributed by atoms with Gasteiger partial charge in [0.15, 0.2) is 0 Å². The monoisotopic (exact) mass is 239 g/mol.